The topological polar surface area (TPSA) is 40.5 Å². The molecule has 2 nitrogen and oxygen atoms in total. The summed E-state index contributed by atoms with van der Waals surface area (Å²) >= 11 is 0. The van der Waals surface area contributed by atoms with Gasteiger partial charge in [-0.3, -0.25) is 0 Å². The third-order valence-corrected chi connectivity index (χ3v) is 1.46. The monoisotopic (exact) mass is 114 g/mol. The van der Waals surface area contributed by atoms with Crippen LogP contribution in [0.1, 0.15) is 12.8 Å². The lowest BCUT2D eigenvalue weighted by atomic mass is 10.2. The normalized spacial score (nSPS) is 28.2. The molecule has 46 valence electrons. The summed E-state index contributed by atoms with van der Waals surface area (Å²) in [6.45, 7) is 0.0150. The zero-order valence-corrected chi connectivity index (χ0v) is 4.67. The molecular weight excluding hydrogens is 104 g/mol. The predicted octanol–water partition coefficient (Wildman–Crippen LogP) is 0.0598. The van der Waals surface area contributed by atoms with E-state index in [-0.39, 0.29) is 12.7 Å². The predicted molar refractivity (Wildman–Crippen MR) is 30.4 cm³/mol. The van der Waals surface area contributed by atoms with E-state index in [0.29, 0.717) is 0 Å². The molecule has 0 aromatic heterocycles. The van der Waals surface area contributed by atoms with Gasteiger partial charge in [0.1, 0.15) is 0 Å². The minimum atomic E-state index is -0.361. The fourth-order valence-corrected chi connectivity index (χ4v) is 0.918. The third kappa shape index (κ3) is 0.904. The van der Waals surface area contributed by atoms with Crippen LogP contribution in [0.2, 0.25) is 0 Å². The molecule has 0 aromatic rings. The van der Waals surface area contributed by atoms with Gasteiger partial charge in [0.05, 0.1) is 12.7 Å². The highest BCUT2D eigenvalue weighted by atomic mass is 16.3. The van der Waals surface area contributed by atoms with Crippen LogP contribution in [0.3, 0.4) is 0 Å². The van der Waals surface area contributed by atoms with Gasteiger partial charge in [-0.05, 0) is 18.4 Å². The minimum Gasteiger partial charge on any atom is -0.392 e. The Kier molecular flexibility index (Phi) is 1.65. The molecule has 0 aromatic carbocycles. The standard InChI is InChI=1S/C6H10O2/c7-4-5-2-1-3-6(5)8/h2,6-8H,1,3-4H2. The Morgan fingerprint density at radius 2 is 2.50 bits per heavy atom. The molecule has 0 aliphatic heterocycles. The quantitative estimate of drug-likeness (QED) is 0.473. The Bertz CT molecular complexity index is 107. The summed E-state index contributed by atoms with van der Waals surface area (Å²) in [6, 6.07) is 0. The van der Waals surface area contributed by atoms with Crippen molar-refractivity contribution in [1.82, 2.24) is 0 Å². The molecule has 0 heterocycles. The van der Waals surface area contributed by atoms with Crippen molar-refractivity contribution in [3.05, 3.63) is 11.6 Å². The van der Waals surface area contributed by atoms with E-state index >= 15 is 0 Å². The fourth-order valence-electron chi connectivity index (χ4n) is 0.918. The smallest absolute Gasteiger partial charge is 0.0775 e. The fraction of sp³-hybridized carbons (Fsp3) is 0.667. The summed E-state index contributed by atoms with van der Waals surface area (Å²) in [7, 11) is 0. The SMILES string of the molecule is OCC1=CCCC1O. The largest absolute Gasteiger partial charge is 0.392 e. The first kappa shape index (κ1) is 5.79. The molecule has 1 unspecified atom stereocenters. The van der Waals surface area contributed by atoms with Gasteiger partial charge in [0.25, 0.3) is 0 Å². The van der Waals surface area contributed by atoms with E-state index in [4.69, 9.17) is 10.2 Å². The van der Waals surface area contributed by atoms with Crippen LogP contribution < -0.4 is 0 Å². The molecule has 2 heteroatoms. The number of hydrogen-bond donors (Lipinski definition) is 2. The first-order chi connectivity index (χ1) is 3.84. The van der Waals surface area contributed by atoms with Gasteiger partial charge in [-0.15, -0.1) is 0 Å². The second-order valence-electron chi connectivity index (χ2n) is 2.03. The minimum absolute atomic E-state index is 0.0150. The van der Waals surface area contributed by atoms with E-state index in [0.717, 1.165) is 18.4 Å². The van der Waals surface area contributed by atoms with Gasteiger partial charge in [0, 0.05) is 0 Å². The van der Waals surface area contributed by atoms with Crippen LogP contribution in [-0.4, -0.2) is 22.9 Å². The van der Waals surface area contributed by atoms with E-state index in [1.165, 1.54) is 0 Å². The van der Waals surface area contributed by atoms with E-state index in [1.807, 2.05) is 6.08 Å². The molecule has 0 saturated carbocycles. The van der Waals surface area contributed by atoms with Crippen LogP contribution in [0.4, 0.5) is 0 Å². The van der Waals surface area contributed by atoms with Crippen molar-refractivity contribution in [2.45, 2.75) is 18.9 Å². The van der Waals surface area contributed by atoms with Crippen LogP contribution in [0.25, 0.3) is 0 Å². The van der Waals surface area contributed by atoms with Crippen molar-refractivity contribution < 1.29 is 10.2 Å². The highest BCUT2D eigenvalue weighted by Crippen LogP contribution is 2.16. The Morgan fingerprint density at radius 1 is 1.75 bits per heavy atom. The molecule has 1 aliphatic rings. The lowest BCUT2D eigenvalue weighted by Crippen LogP contribution is -2.07. The van der Waals surface area contributed by atoms with Gasteiger partial charge in [-0.25, -0.2) is 0 Å². The molecule has 0 saturated heterocycles. The average Bonchev–Trinajstić information content (AvgIpc) is 2.14. The molecule has 8 heavy (non-hydrogen) atoms. The molecule has 0 fully saturated rings. The number of allylic oxidation sites excluding steroid dienone is 1. The highest BCUT2D eigenvalue weighted by molar-refractivity contribution is 5.13. The van der Waals surface area contributed by atoms with E-state index in [9.17, 15) is 0 Å². The maximum Gasteiger partial charge on any atom is 0.0775 e. The lowest BCUT2D eigenvalue weighted by Gasteiger charge is -2.01. The van der Waals surface area contributed by atoms with Crippen molar-refractivity contribution in [1.29, 1.82) is 0 Å². The van der Waals surface area contributed by atoms with Gasteiger partial charge in [-0.2, -0.15) is 0 Å². The maximum absolute atomic E-state index is 8.96. The zero-order chi connectivity index (χ0) is 5.98. The Morgan fingerprint density at radius 3 is 2.75 bits per heavy atom. The molecule has 1 aliphatic carbocycles. The van der Waals surface area contributed by atoms with Crippen LogP contribution in [0.5, 0.6) is 0 Å². The molecule has 0 spiro atoms. The van der Waals surface area contributed by atoms with E-state index in [1.54, 1.807) is 0 Å². The van der Waals surface area contributed by atoms with Gasteiger partial charge in [0.15, 0.2) is 0 Å². The van der Waals surface area contributed by atoms with Crippen molar-refractivity contribution in [3.63, 3.8) is 0 Å². The molecule has 0 amide bonds. The van der Waals surface area contributed by atoms with Crippen LogP contribution >= 0.6 is 0 Å². The maximum atomic E-state index is 8.96. The molecule has 0 radical (unpaired) electrons. The molecule has 0 bridgehead atoms. The van der Waals surface area contributed by atoms with Crippen LogP contribution in [-0.2, 0) is 0 Å². The van der Waals surface area contributed by atoms with Gasteiger partial charge in [-0.1, -0.05) is 6.08 Å². The average molecular weight is 114 g/mol. The zero-order valence-electron chi connectivity index (χ0n) is 4.67. The van der Waals surface area contributed by atoms with Crippen molar-refractivity contribution in [2.75, 3.05) is 6.61 Å². The number of rotatable bonds is 1. The molecule has 1 rings (SSSR count). The number of hydrogen-bond acceptors (Lipinski definition) is 2. The summed E-state index contributed by atoms with van der Waals surface area (Å²) in [4.78, 5) is 0. The molecule has 1 atom stereocenters. The van der Waals surface area contributed by atoms with Crippen molar-refractivity contribution >= 4 is 0 Å². The first-order valence-electron chi connectivity index (χ1n) is 2.82. The molecule has 2 N–H and O–H groups in total. The second-order valence-corrected chi connectivity index (χ2v) is 2.03. The summed E-state index contributed by atoms with van der Waals surface area (Å²) in [5.41, 5.74) is 0.782. The van der Waals surface area contributed by atoms with Crippen molar-refractivity contribution in [2.24, 2.45) is 0 Å². The van der Waals surface area contributed by atoms with Gasteiger partial charge >= 0.3 is 0 Å². The third-order valence-electron chi connectivity index (χ3n) is 1.46. The van der Waals surface area contributed by atoms with E-state index < -0.39 is 0 Å². The summed E-state index contributed by atoms with van der Waals surface area (Å²) < 4.78 is 0. The van der Waals surface area contributed by atoms with Crippen molar-refractivity contribution in [3.8, 4) is 0 Å². The summed E-state index contributed by atoms with van der Waals surface area (Å²) in [5, 5.41) is 17.5. The highest BCUT2D eigenvalue weighted by Gasteiger charge is 2.13. The first-order valence-corrected chi connectivity index (χ1v) is 2.82. The summed E-state index contributed by atoms with van der Waals surface area (Å²) in [6.07, 6.45) is 3.23. The van der Waals surface area contributed by atoms with Crippen LogP contribution in [0, 0.1) is 0 Å². The van der Waals surface area contributed by atoms with Gasteiger partial charge in [0.2, 0.25) is 0 Å². The molecular formula is C6H10O2. The lowest BCUT2D eigenvalue weighted by molar-refractivity contribution is 0.190. The Balaban J connectivity index is 2.49. The number of aliphatic hydroxyl groups is 2. The van der Waals surface area contributed by atoms with E-state index in [2.05, 4.69) is 0 Å². The summed E-state index contributed by atoms with van der Waals surface area (Å²) in [5.74, 6) is 0. The Hall–Kier alpha value is -0.340. The Labute approximate surface area is 48.5 Å². The number of aliphatic hydroxyl groups excluding tert-OH is 2. The van der Waals surface area contributed by atoms with Gasteiger partial charge < -0.3 is 10.2 Å². The van der Waals surface area contributed by atoms with Crippen LogP contribution in [0.15, 0.2) is 11.6 Å². The second kappa shape index (κ2) is 2.29.